The van der Waals surface area contributed by atoms with Crippen molar-refractivity contribution in [3.8, 4) is 11.5 Å². The van der Waals surface area contributed by atoms with Crippen LogP contribution in [0.2, 0.25) is 0 Å². The number of hydrogen-bond acceptors (Lipinski definition) is 4. The highest BCUT2D eigenvalue weighted by Gasteiger charge is 2.24. The van der Waals surface area contributed by atoms with Crippen molar-refractivity contribution < 1.29 is 9.47 Å². The predicted molar refractivity (Wildman–Crippen MR) is 80.7 cm³/mol. The van der Waals surface area contributed by atoms with Crippen molar-refractivity contribution >= 4 is 15.7 Å². The van der Waals surface area contributed by atoms with Gasteiger partial charge in [0.15, 0.2) is 0 Å². The zero-order chi connectivity index (χ0) is 14.1. The van der Waals surface area contributed by atoms with E-state index in [4.69, 9.17) is 9.47 Å². The van der Waals surface area contributed by atoms with Gasteiger partial charge in [-0.05, 0) is 12.1 Å². The van der Waals surface area contributed by atoms with Gasteiger partial charge in [0, 0.05) is 24.2 Å². The van der Waals surface area contributed by atoms with Crippen LogP contribution in [-0.4, -0.2) is 36.9 Å². The van der Waals surface area contributed by atoms with Gasteiger partial charge in [0.05, 0.1) is 0 Å². The highest BCUT2D eigenvalue weighted by molar-refractivity contribution is 6.28. The standard InChI is InChI=1S/2C8H8NO.Al/c2*1-2-4-8-7(3-1)5-9-6-10-8;/h2*1-4H,5-6H2;/q2*-1;+2. The number of rotatable bonds is 2. The van der Waals surface area contributed by atoms with Crippen LogP contribution in [0.5, 0.6) is 11.5 Å². The van der Waals surface area contributed by atoms with E-state index in [1.54, 1.807) is 0 Å². The fraction of sp³-hybridized carbons (Fsp3) is 0.250. The van der Waals surface area contributed by atoms with Gasteiger partial charge in [0.2, 0.25) is 0 Å². The molecule has 0 spiro atoms. The lowest BCUT2D eigenvalue weighted by molar-refractivity contribution is 0.129. The molecule has 105 valence electrons. The smallest absolute Gasteiger partial charge is 0.461 e. The average molecular weight is 295 g/mol. The van der Waals surface area contributed by atoms with Crippen LogP contribution in [0.25, 0.3) is 0 Å². The first-order valence-electron chi connectivity index (χ1n) is 7.13. The first-order valence-corrected chi connectivity index (χ1v) is 8.16. The molecule has 0 saturated heterocycles. The summed E-state index contributed by atoms with van der Waals surface area (Å²) in [7, 11) is 0. The van der Waals surface area contributed by atoms with E-state index in [-0.39, 0.29) is 15.7 Å². The maximum Gasteiger partial charge on any atom is 0.461 e. The minimum absolute atomic E-state index is 0.0144. The Kier molecular flexibility index (Phi) is 3.58. The molecule has 2 heterocycles. The Labute approximate surface area is 131 Å². The lowest BCUT2D eigenvalue weighted by Gasteiger charge is -2.35. The normalized spacial score (nSPS) is 18.1. The van der Waals surface area contributed by atoms with Crippen LogP contribution in [-0.2, 0) is 13.1 Å². The molecule has 21 heavy (non-hydrogen) atoms. The van der Waals surface area contributed by atoms with Gasteiger partial charge in [-0.15, -0.1) is 0 Å². The Bertz CT molecular complexity index is 594. The van der Waals surface area contributed by atoms with Crippen LogP contribution in [0, 0.1) is 0 Å². The Morgan fingerprint density at radius 2 is 1.19 bits per heavy atom. The Hall–Kier alpha value is -1.51. The zero-order valence-corrected chi connectivity index (χ0v) is 12.9. The lowest BCUT2D eigenvalue weighted by atomic mass is 10.2. The molecule has 0 fully saturated rings. The van der Waals surface area contributed by atoms with Crippen LogP contribution >= 0.6 is 0 Å². The third-order valence-corrected chi connectivity index (χ3v) is 5.11. The summed E-state index contributed by atoms with van der Waals surface area (Å²) in [6.45, 7) is 3.27. The van der Waals surface area contributed by atoms with E-state index in [1.807, 2.05) is 24.3 Å². The molecular weight excluding hydrogens is 279 g/mol. The second-order valence-corrected chi connectivity index (χ2v) is 7.06. The number of benzene rings is 2. The second-order valence-electron chi connectivity index (χ2n) is 5.37. The van der Waals surface area contributed by atoms with Crippen LogP contribution < -0.4 is 9.47 Å². The van der Waals surface area contributed by atoms with E-state index in [1.165, 1.54) is 11.1 Å². The average Bonchev–Trinajstić information content (AvgIpc) is 2.55. The summed E-state index contributed by atoms with van der Waals surface area (Å²) >= 11 is 0.0144. The molecular formula is C16H16AlN2O2. The van der Waals surface area contributed by atoms with E-state index in [0.717, 1.165) is 24.6 Å². The van der Waals surface area contributed by atoms with Crippen LogP contribution in [0.1, 0.15) is 11.1 Å². The van der Waals surface area contributed by atoms with Gasteiger partial charge in [-0.3, -0.25) is 0 Å². The van der Waals surface area contributed by atoms with Crippen molar-refractivity contribution in [1.29, 1.82) is 0 Å². The molecule has 1 radical (unpaired) electrons. The van der Waals surface area contributed by atoms with Crippen LogP contribution in [0.4, 0.5) is 0 Å². The van der Waals surface area contributed by atoms with E-state index in [9.17, 15) is 0 Å². The number of para-hydroxylation sites is 2. The summed E-state index contributed by atoms with van der Waals surface area (Å²) in [5, 5.41) is 0. The van der Waals surface area contributed by atoms with Gasteiger partial charge < -0.3 is 17.2 Å². The molecule has 2 aromatic rings. The van der Waals surface area contributed by atoms with E-state index >= 15 is 0 Å². The van der Waals surface area contributed by atoms with Gasteiger partial charge in [0.25, 0.3) is 0 Å². The fourth-order valence-electron chi connectivity index (χ4n) is 2.76. The van der Waals surface area contributed by atoms with Gasteiger partial charge in [-0.1, -0.05) is 36.4 Å². The summed E-state index contributed by atoms with van der Waals surface area (Å²) in [4.78, 5) is 0. The van der Waals surface area contributed by atoms with E-state index in [0.29, 0.717) is 13.5 Å². The van der Waals surface area contributed by atoms with E-state index in [2.05, 4.69) is 32.0 Å². The first kappa shape index (κ1) is 13.2. The third kappa shape index (κ3) is 2.79. The molecule has 0 aromatic heterocycles. The van der Waals surface area contributed by atoms with Crippen LogP contribution in [0.15, 0.2) is 48.5 Å². The van der Waals surface area contributed by atoms with Gasteiger partial charge in [-0.2, -0.15) is 0 Å². The molecule has 4 rings (SSSR count). The molecule has 2 aliphatic rings. The number of fused-ring (bicyclic) bond motifs is 2. The molecule has 0 saturated carbocycles. The highest BCUT2D eigenvalue weighted by Crippen LogP contribution is 2.26. The molecule has 2 aromatic carbocycles. The number of nitrogens with zero attached hydrogens (tertiary/aromatic N) is 2. The second kappa shape index (κ2) is 5.71. The third-order valence-electron chi connectivity index (χ3n) is 3.79. The Morgan fingerprint density at radius 1 is 0.714 bits per heavy atom. The molecule has 0 unspecified atom stereocenters. The summed E-state index contributed by atoms with van der Waals surface area (Å²) in [6, 6.07) is 16.6. The minimum Gasteiger partial charge on any atom is -0.480 e. The molecule has 0 atom stereocenters. The molecule has 2 aliphatic heterocycles. The van der Waals surface area contributed by atoms with Gasteiger partial charge in [0.1, 0.15) is 25.0 Å². The first-order chi connectivity index (χ1) is 10.4. The maximum absolute atomic E-state index is 5.83. The molecule has 0 bridgehead atoms. The summed E-state index contributed by atoms with van der Waals surface area (Å²) < 4.78 is 16.4. The molecule has 5 heteroatoms. The van der Waals surface area contributed by atoms with Crippen molar-refractivity contribution in [3.05, 3.63) is 59.7 Å². The summed E-state index contributed by atoms with van der Waals surface area (Å²) in [5.41, 5.74) is 2.55. The van der Waals surface area contributed by atoms with Crippen molar-refractivity contribution in [2.24, 2.45) is 0 Å². The van der Waals surface area contributed by atoms with Crippen molar-refractivity contribution in [3.63, 3.8) is 0 Å². The molecule has 0 N–H and O–H groups in total. The number of ether oxygens (including phenoxy) is 2. The largest absolute Gasteiger partial charge is 0.480 e. The van der Waals surface area contributed by atoms with Gasteiger partial charge >= 0.3 is 15.7 Å². The molecule has 4 nitrogen and oxygen atoms in total. The minimum atomic E-state index is 0.0144. The quantitative estimate of drug-likeness (QED) is 0.793. The zero-order valence-electron chi connectivity index (χ0n) is 11.7. The fourth-order valence-corrected chi connectivity index (χ4v) is 4.06. The molecule has 0 amide bonds. The SMILES string of the molecule is c1ccc2c(c1)C[N]([Al][N]1COc3ccccc3C1)CO2. The Balaban J connectivity index is 1.42. The lowest BCUT2D eigenvalue weighted by Crippen LogP contribution is -2.46. The highest BCUT2D eigenvalue weighted by atomic mass is 27.1. The maximum atomic E-state index is 5.83. The topological polar surface area (TPSA) is 24.9 Å². The summed E-state index contributed by atoms with van der Waals surface area (Å²) in [6.07, 6.45) is 0. The monoisotopic (exact) mass is 295 g/mol. The van der Waals surface area contributed by atoms with Crippen molar-refractivity contribution in [1.82, 2.24) is 7.77 Å². The summed E-state index contributed by atoms with van der Waals surface area (Å²) in [5.74, 6) is 2.04. The predicted octanol–water partition coefficient (Wildman–Crippen LogP) is 2.22. The van der Waals surface area contributed by atoms with Crippen molar-refractivity contribution in [2.75, 3.05) is 13.5 Å². The van der Waals surface area contributed by atoms with Crippen LogP contribution in [0.3, 0.4) is 0 Å². The molecule has 0 aliphatic carbocycles. The Morgan fingerprint density at radius 3 is 1.71 bits per heavy atom. The van der Waals surface area contributed by atoms with Gasteiger partial charge in [-0.25, -0.2) is 0 Å². The van der Waals surface area contributed by atoms with Crippen molar-refractivity contribution in [2.45, 2.75) is 13.1 Å². The number of hydrogen-bond donors (Lipinski definition) is 0. The van der Waals surface area contributed by atoms with E-state index < -0.39 is 0 Å².